The van der Waals surface area contributed by atoms with E-state index in [2.05, 4.69) is 26.2 Å². The molecule has 0 saturated heterocycles. The van der Waals surface area contributed by atoms with E-state index in [1.807, 2.05) is 17.5 Å². The summed E-state index contributed by atoms with van der Waals surface area (Å²) in [6.45, 7) is 4.29. The quantitative estimate of drug-likeness (QED) is 0.509. The highest BCUT2D eigenvalue weighted by atomic mass is 79.9. The molecule has 0 aliphatic rings. The Hall–Kier alpha value is -2.07. The number of rotatable bonds is 7. The van der Waals surface area contributed by atoms with Crippen LogP contribution in [-0.2, 0) is 10.0 Å². The van der Waals surface area contributed by atoms with Crippen molar-refractivity contribution >= 4 is 48.9 Å². The standard InChI is InChI=1S/C20H20BrN3O3S2/c1-3-24(4-2)29(26,27)16-9-10-18(21)17(13-16)19(25)23-15-7-5-14(6-8-15)20-22-11-12-28-20/h5-13H,3-4H2,1-2H3,(H,23,25). The lowest BCUT2D eigenvalue weighted by Crippen LogP contribution is -2.30. The number of carbonyl (C=O) groups is 1. The van der Waals surface area contributed by atoms with Gasteiger partial charge in [0.25, 0.3) is 5.91 Å². The molecular formula is C20H20BrN3O3S2. The van der Waals surface area contributed by atoms with E-state index in [9.17, 15) is 13.2 Å². The molecule has 1 N–H and O–H groups in total. The zero-order valence-electron chi connectivity index (χ0n) is 15.9. The molecule has 152 valence electrons. The summed E-state index contributed by atoms with van der Waals surface area (Å²) in [4.78, 5) is 17.1. The van der Waals surface area contributed by atoms with E-state index < -0.39 is 15.9 Å². The minimum absolute atomic E-state index is 0.0914. The average Bonchev–Trinajstić information content (AvgIpc) is 3.24. The highest BCUT2D eigenvalue weighted by Crippen LogP contribution is 2.26. The Balaban J connectivity index is 1.84. The number of amides is 1. The van der Waals surface area contributed by atoms with Crippen molar-refractivity contribution in [1.29, 1.82) is 0 Å². The Morgan fingerprint density at radius 1 is 1.14 bits per heavy atom. The first kappa shape index (κ1) is 21.6. The fraction of sp³-hybridized carbons (Fsp3) is 0.200. The summed E-state index contributed by atoms with van der Waals surface area (Å²) < 4.78 is 27.4. The smallest absolute Gasteiger partial charge is 0.256 e. The van der Waals surface area contributed by atoms with Crippen LogP contribution in [0.2, 0.25) is 0 Å². The number of nitrogens with zero attached hydrogens (tertiary/aromatic N) is 2. The van der Waals surface area contributed by atoms with Gasteiger partial charge in [0, 0.05) is 40.4 Å². The third kappa shape index (κ3) is 4.75. The first-order valence-electron chi connectivity index (χ1n) is 8.97. The lowest BCUT2D eigenvalue weighted by molar-refractivity contribution is 0.102. The molecular weight excluding hydrogens is 474 g/mol. The van der Waals surface area contributed by atoms with Crippen LogP contribution in [0.15, 0.2) is 63.4 Å². The molecule has 0 atom stereocenters. The van der Waals surface area contributed by atoms with Gasteiger partial charge < -0.3 is 5.32 Å². The lowest BCUT2D eigenvalue weighted by Gasteiger charge is -2.19. The molecule has 0 bridgehead atoms. The molecule has 2 aromatic carbocycles. The van der Waals surface area contributed by atoms with Crippen molar-refractivity contribution in [1.82, 2.24) is 9.29 Å². The second-order valence-electron chi connectivity index (χ2n) is 6.10. The number of aromatic nitrogens is 1. The zero-order valence-corrected chi connectivity index (χ0v) is 19.1. The number of sulfonamides is 1. The van der Waals surface area contributed by atoms with Gasteiger partial charge in [-0.2, -0.15) is 4.31 Å². The maximum Gasteiger partial charge on any atom is 0.256 e. The van der Waals surface area contributed by atoms with Gasteiger partial charge in [-0.15, -0.1) is 11.3 Å². The van der Waals surface area contributed by atoms with Crippen molar-refractivity contribution in [2.24, 2.45) is 0 Å². The van der Waals surface area contributed by atoms with E-state index >= 15 is 0 Å². The molecule has 0 saturated carbocycles. The number of benzene rings is 2. The Morgan fingerprint density at radius 3 is 2.41 bits per heavy atom. The predicted octanol–water partition coefficient (Wildman–Crippen LogP) is 4.86. The lowest BCUT2D eigenvalue weighted by atomic mass is 10.2. The van der Waals surface area contributed by atoms with Crippen LogP contribution in [-0.4, -0.2) is 36.7 Å². The Morgan fingerprint density at radius 2 is 1.83 bits per heavy atom. The van der Waals surface area contributed by atoms with Crippen molar-refractivity contribution in [3.63, 3.8) is 0 Å². The largest absolute Gasteiger partial charge is 0.322 e. The topological polar surface area (TPSA) is 79.4 Å². The first-order chi connectivity index (χ1) is 13.9. The Labute approximate surface area is 182 Å². The molecule has 0 spiro atoms. The zero-order chi connectivity index (χ0) is 21.0. The van der Waals surface area contributed by atoms with Crippen molar-refractivity contribution in [2.45, 2.75) is 18.7 Å². The summed E-state index contributed by atoms with van der Waals surface area (Å²) in [5, 5.41) is 5.62. The number of anilines is 1. The molecule has 1 aromatic heterocycles. The fourth-order valence-electron chi connectivity index (χ4n) is 2.81. The molecule has 0 radical (unpaired) electrons. The highest BCUT2D eigenvalue weighted by molar-refractivity contribution is 9.10. The molecule has 3 rings (SSSR count). The maximum absolute atomic E-state index is 12.8. The number of hydrogen-bond acceptors (Lipinski definition) is 5. The van der Waals surface area contributed by atoms with Gasteiger partial charge in [0.1, 0.15) is 5.01 Å². The summed E-state index contributed by atoms with van der Waals surface area (Å²) in [7, 11) is -3.65. The van der Waals surface area contributed by atoms with Crippen molar-refractivity contribution in [3.8, 4) is 10.6 Å². The van der Waals surface area contributed by atoms with Crippen LogP contribution in [0, 0.1) is 0 Å². The van der Waals surface area contributed by atoms with Crippen LogP contribution in [0.4, 0.5) is 5.69 Å². The van der Waals surface area contributed by atoms with Crippen LogP contribution in [0.3, 0.4) is 0 Å². The summed E-state index contributed by atoms with van der Waals surface area (Å²) in [5.41, 5.74) is 1.83. The van der Waals surface area contributed by atoms with E-state index in [4.69, 9.17) is 0 Å². The van der Waals surface area contributed by atoms with Crippen LogP contribution in [0.25, 0.3) is 10.6 Å². The second kappa shape index (κ2) is 9.17. The number of hydrogen-bond donors (Lipinski definition) is 1. The van der Waals surface area contributed by atoms with Gasteiger partial charge in [-0.05, 0) is 58.4 Å². The number of carbonyl (C=O) groups excluding carboxylic acids is 1. The van der Waals surface area contributed by atoms with Crippen molar-refractivity contribution in [3.05, 3.63) is 64.1 Å². The number of thiazole rings is 1. The molecule has 6 nitrogen and oxygen atoms in total. The minimum atomic E-state index is -3.65. The Bertz CT molecular complexity index is 1090. The van der Waals surface area contributed by atoms with Gasteiger partial charge in [0.05, 0.1) is 10.5 Å². The second-order valence-corrected chi connectivity index (χ2v) is 9.79. The summed E-state index contributed by atoms with van der Waals surface area (Å²) in [6.07, 6.45) is 1.74. The van der Waals surface area contributed by atoms with E-state index in [1.165, 1.54) is 27.8 Å². The average molecular weight is 494 g/mol. The molecule has 0 fully saturated rings. The number of halogens is 1. The third-order valence-corrected chi connectivity index (χ3v) is 7.91. The minimum Gasteiger partial charge on any atom is -0.322 e. The van der Waals surface area contributed by atoms with Gasteiger partial charge >= 0.3 is 0 Å². The predicted molar refractivity (Wildman–Crippen MR) is 120 cm³/mol. The van der Waals surface area contributed by atoms with Crippen LogP contribution in [0.5, 0.6) is 0 Å². The summed E-state index contributed by atoms with van der Waals surface area (Å²) in [5.74, 6) is -0.393. The molecule has 1 heterocycles. The molecule has 0 aliphatic carbocycles. The third-order valence-electron chi connectivity index (χ3n) is 4.35. The fourth-order valence-corrected chi connectivity index (χ4v) is 5.37. The molecule has 0 unspecified atom stereocenters. The van der Waals surface area contributed by atoms with Gasteiger partial charge in [-0.3, -0.25) is 4.79 Å². The van der Waals surface area contributed by atoms with Crippen LogP contribution in [0.1, 0.15) is 24.2 Å². The van der Waals surface area contributed by atoms with Crippen LogP contribution >= 0.6 is 27.3 Å². The summed E-state index contributed by atoms with van der Waals surface area (Å²) >= 11 is 4.88. The first-order valence-corrected chi connectivity index (χ1v) is 12.1. The van der Waals surface area contributed by atoms with Crippen LogP contribution < -0.4 is 5.32 Å². The molecule has 1 amide bonds. The van der Waals surface area contributed by atoms with Gasteiger partial charge in [0.2, 0.25) is 10.0 Å². The number of nitrogens with one attached hydrogen (secondary N) is 1. The van der Waals surface area contributed by atoms with E-state index in [1.54, 1.807) is 38.2 Å². The van der Waals surface area contributed by atoms with E-state index in [-0.39, 0.29) is 10.5 Å². The normalized spacial score (nSPS) is 11.6. The highest BCUT2D eigenvalue weighted by Gasteiger charge is 2.23. The molecule has 0 aliphatic heterocycles. The van der Waals surface area contributed by atoms with Gasteiger partial charge in [-0.25, -0.2) is 13.4 Å². The van der Waals surface area contributed by atoms with E-state index in [0.717, 1.165) is 10.6 Å². The maximum atomic E-state index is 12.8. The van der Waals surface area contributed by atoms with Gasteiger partial charge in [0.15, 0.2) is 0 Å². The SMILES string of the molecule is CCN(CC)S(=O)(=O)c1ccc(Br)c(C(=O)Nc2ccc(-c3nccs3)cc2)c1. The Kier molecular flexibility index (Phi) is 6.84. The molecule has 3 aromatic rings. The van der Waals surface area contributed by atoms with Crippen molar-refractivity contribution < 1.29 is 13.2 Å². The molecule has 29 heavy (non-hydrogen) atoms. The molecule has 9 heteroatoms. The summed E-state index contributed by atoms with van der Waals surface area (Å²) in [6, 6.07) is 11.8. The van der Waals surface area contributed by atoms with Gasteiger partial charge in [-0.1, -0.05) is 13.8 Å². The van der Waals surface area contributed by atoms with Crippen molar-refractivity contribution in [2.75, 3.05) is 18.4 Å². The monoisotopic (exact) mass is 493 g/mol. The van der Waals surface area contributed by atoms with E-state index in [0.29, 0.717) is 23.2 Å².